The van der Waals surface area contributed by atoms with Crippen molar-refractivity contribution in [3.05, 3.63) is 23.3 Å². The minimum Gasteiger partial charge on any atom is -0.496 e. The predicted octanol–water partition coefficient (Wildman–Crippen LogP) is 2.31. The van der Waals surface area contributed by atoms with Gasteiger partial charge in [0.05, 0.1) is 14.2 Å². The fourth-order valence-corrected chi connectivity index (χ4v) is 1.45. The van der Waals surface area contributed by atoms with Gasteiger partial charge in [0.15, 0.2) is 0 Å². The molecule has 3 nitrogen and oxygen atoms in total. The Morgan fingerprint density at radius 1 is 1.20 bits per heavy atom. The van der Waals surface area contributed by atoms with Gasteiger partial charge in [-0.05, 0) is 24.6 Å². The summed E-state index contributed by atoms with van der Waals surface area (Å²) in [6.07, 6.45) is 0.906. The van der Waals surface area contributed by atoms with E-state index in [2.05, 4.69) is 0 Å². The van der Waals surface area contributed by atoms with Crippen LogP contribution < -0.4 is 9.47 Å². The molecular weight excluding hydrogens is 192 g/mol. The molecule has 0 bridgehead atoms. The summed E-state index contributed by atoms with van der Waals surface area (Å²) in [6, 6.07) is 3.74. The van der Waals surface area contributed by atoms with Crippen LogP contribution in [0.25, 0.3) is 0 Å². The topological polar surface area (TPSA) is 35.5 Å². The van der Waals surface area contributed by atoms with E-state index in [1.165, 1.54) is 0 Å². The Morgan fingerprint density at radius 2 is 1.67 bits per heavy atom. The van der Waals surface area contributed by atoms with Gasteiger partial charge in [0.1, 0.15) is 17.8 Å². The third-order valence-electron chi connectivity index (χ3n) is 2.50. The Labute approximate surface area is 90.0 Å². The Hall–Kier alpha value is -1.51. The summed E-state index contributed by atoms with van der Waals surface area (Å²) in [6.45, 7) is 3.77. The average molecular weight is 208 g/mol. The summed E-state index contributed by atoms with van der Waals surface area (Å²) in [5.74, 6) is 1.35. The molecule has 0 saturated heterocycles. The zero-order chi connectivity index (χ0) is 11.4. The molecule has 1 aromatic rings. The first-order chi connectivity index (χ1) is 7.13. The molecular formula is C12H16O3. The Bertz CT molecular complexity index is 333. The van der Waals surface area contributed by atoms with Gasteiger partial charge < -0.3 is 14.3 Å². The molecule has 0 heterocycles. The maximum atomic E-state index is 10.7. The molecule has 0 spiro atoms. The van der Waals surface area contributed by atoms with Crippen LogP contribution in [-0.2, 0) is 4.79 Å². The first-order valence-electron chi connectivity index (χ1n) is 4.81. The molecule has 1 unspecified atom stereocenters. The second-order valence-corrected chi connectivity index (χ2v) is 3.48. The van der Waals surface area contributed by atoms with Crippen LogP contribution in [0.3, 0.4) is 0 Å². The predicted molar refractivity (Wildman–Crippen MR) is 58.8 cm³/mol. The summed E-state index contributed by atoms with van der Waals surface area (Å²) in [4.78, 5) is 10.7. The summed E-state index contributed by atoms with van der Waals surface area (Å²) in [7, 11) is 3.22. The van der Waals surface area contributed by atoms with Crippen LogP contribution >= 0.6 is 0 Å². The minimum absolute atomic E-state index is 0.145. The van der Waals surface area contributed by atoms with Gasteiger partial charge in [-0.2, -0.15) is 0 Å². The Balaban J connectivity index is 3.26. The lowest BCUT2D eigenvalue weighted by molar-refractivity contribution is -0.108. The van der Waals surface area contributed by atoms with Crippen molar-refractivity contribution in [2.75, 3.05) is 14.2 Å². The molecule has 0 radical (unpaired) electrons. The molecule has 0 N–H and O–H groups in total. The van der Waals surface area contributed by atoms with Crippen LogP contribution in [0.2, 0.25) is 0 Å². The van der Waals surface area contributed by atoms with Crippen LogP contribution in [-0.4, -0.2) is 20.5 Å². The van der Waals surface area contributed by atoms with Gasteiger partial charge in [0.2, 0.25) is 0 Å². The van der Waals surface area contributed by atoms with E-state index in [4.69, 9.17) is 9.47 Å². The van der Waals surface area contributed by atoms with Crippen molar-refractivity contribution in [3.8, 4) is 11.5 Å². The molecule has 0 saturated carbocycles. The highest BCUT2D eigenvalue weighted by Gasteiger charge is 2.11. The molecule has 0 aromatic heterocycles. The van der Waals surface area contributed by atoms with Crippen molar-refractivity contribution >= 4 is 6.29 Å². The third kappa shape index (κ3) is 2.29. The number of hydrogen-bond acceptors (Lipinski definition) is 3. The van der Waals surface area contributed by atoms with Crippen molar-refractivity contribution in [2.45, 2.75) is 19.8 Å². The number of ether oxygens (including phenoxy) is 2. The van der Waals surface area contributed by atoms with E-state index in [0.29, 0.717) is 0 Å². The van der Waals surface area contributed by atoms with Crippen LogP contribution in [0.1, 0.15) is 24.0 Å². The molecule has 0 amide bonds. The van der Waals surface area contributed by atoms with Gasteiger partial charge in [-0.1, -0.05) is 6.92 Å². The normalized spacial score (nSPS) is 12.0. The highest BCUT2D eigenvalue weighted by atomic mass is 16.5. The fraction of sp³-hybridized carbons (Fsp3) is 0.417. The van der Waals surface area contributed by atoms with E-state index >= 15 is 0 Å². The van der Waals surface area contributed by atoms with Crippen LogP contribution in [0.15, 0.2) is 12.1 Å². The number of rotatable bonds is 4. The van der Waals surface area contributed by atoms with Crippen LogP contribution in [0.5, 0.6) is 11.5 Å². The second kappa shape index (κ2) is 4.82. The van der Waals surface area contributed by atoms with E-state index in [0.717, 1.165) is 28.9 Å². The lowest BCUT2D eigenvalue weighted by Gasteiger charge is -2.13. The maximum Gasteiger partial charge on any atom is 0.127 e. The number of carbonyl (C=O) groups is 1. The Kier molecular flexibility index (Phi) is 3.72. The van der Waals surface area contributed by atoms with Gasteiger partial charge in [0.25, 0.3) is 0 Å². The zero-order valence-corrected chi connectivity index (χ0v) is 9.53. The van der Waals surface area contributed by atoms with Crippen molar-refractivity contribution in [3.63, 3.8) is 0 Å². The quantitative estimate of drug-likeness (QED) is 0.712. The highest BCUT2D eigenvalue weighted by Crippen LogP contribution is 2.31. The van der Waals surface area contributed by atoms with Crippen molar-refractivity contribution < 1.29 is 14.3 Å². The lowest BCUT2D eigenvalue weighted by atomic mass is 10.00. The second-order valence-electron chi connectivity index (χ2n) is 3.48. The molecule has 0 aliphatic rings. The number of hydrogen-bond donors (Lipinski definition) is 0. The van der Waals surface area contributed by atoms with Crippen molar-refractivity contribution in [2.24, 2.45) is 0 Å². The SMILES string of the molecule is COc1cc(C(C)C=O)cc(OC)c1C. The number of carbonyl (C=O) groups excluding carboxylic acids is 1. The number of aldehydes is 1. The van der Waals surface area contributed by atoms with E-state index in [-0.39, 0.29) is 5.92 Å². The number of methoxy groups -OCH3 is 2. The molecule has 1 atom stereocenters. The van der Waals surface area contributed by atoms with Crippen LogP contribution in [0, 0.1) is 6.92 Å². The molecule has 82 valence electrons. The van der Waals surface area contributed by atoms with E-state index in [9.17, 15) is 4.79 Å². The van der Waals surface area contributed by atoms with Gasteiger partial charge >= 0.3 is 0 Å². The zero-order valence-electron chi connectivity index (χ0n) is 9.53. The first-order valence-corrected chi connectivity index (χ1v) is 4.81. The van der Waals surface area contributed by atoms with Crippen LogP contribution in [0.4, 0.5) is 0 Å². The van der Waals surface area contributed by atoms with Gasteiger partial charge in [0, 0.05) is 11.5 Å². The maximum absolute atomic E-state index is 10.7. The molecule has 15 heavy (non-hydrogen) atoms. The smallest absolute Gasteiger partial charge is 0.127 e. The molecule has 0 aliphatic carbocycles. The van der Waals surface area contributed by atoms with E-state index in [1.807, 2.05) is 26.0 Å². The molecule has 0 aliphatic heterocycles. The largest absolute Gasteiger partial charge is 0.496 e. The summed E-state index contributed by atoms with van der Waals surface area (Å²) in [5, 5.41) is 0. The van der Waals surface area contributed by atoms with E-state index in [1.54, 1.807) is 14.2 Å². The highest BCUT2D eigenvalue weighted by molar-refractivity contribution is 5.63. The van der Waals surface area contributed by atoms with Gasteiger partial charge in [-0.15, -0.1) is 0 Å². The lowest BCUT2D eigenvalue weighted by Crippen LogP contribution is -1.99. The first kappa shape index (κ1) is 11.6. The number of benzene rings is 1. The fourth-order valence-electron chi connectivity index (χ4n) is 1.45. The molecule has 0 fully saturated rings. The van der Waals surface area contributed by atoms with E-state index < -0.39 is 0 Å². The minimum atomic E-state index is -0.145. The summed E-state index contributed by atoms with van der Waals surface area (Å²) >= 11 is 0. The molecule has 1 aromatic carbocycles. The third-order valence-corrected chi connectivity index (χ3v) is 2.50. The Morgan fingerprint density at radius 3 is 2.00 bits per heavy atom. The summed E-state index contributed by atoms with van der Waals surface area (Å²) in [5.41, 5.74) is 1.85. The molecule has 3 heteroatoms. The van der Waals surface area contributed by atoms with Gasteiger partial charge in [-0.25, -0.2) is 0 Å². The van der Waals surface area contributed by atoms with Crippen molar-refractivity contribution in [1.82, 2.24) is 0 Å². The van der Waals surface area contributed by atoms with Crippen molar-refractivity contribution in [1.29, 1.82) is 0 Å². The standard InChI is InChI=1S/C12H16O3/c1-8(7-13)10-5-11(14-3)9(2)12(6-10)15-4/h5-8H,1-4H3. The molecule has 1 rings (SSSR count). The van der Waals surface area contributed by atoms with Gasteiger partial charge in [-0.3, -0.25) is 0 Å². The summed E-state index contributed by atoms with van der Waals surface area (Å²) < 4.78 is 10.5. The average Bonchev–Trinajstić information content (AvgIpc) is 2.28. The monoisotopic (exact) mass is 208 g/mol.